The number of hydrogen-bond donors (Lipinski definition) is 2. The van der Waals surface area contributed by atoms with Crippen LogP contribution >= 0.6 is 0 Å². The van der Waals surface area contributed by atoms with Crippen molar-refractivity contribution in [3.05, 3.63) is 29.6 Å². The highest BCUT2D eigenvalue weighted by atomic mass is 16.5. The average Bonchev–Trinajstić information content (AvgIpc) is 2.34. The Balaban J connectivity index is 2.59. The number of urea groups is 1. The van der Waals surface area contributed by atoms with Gasteiger partial charge in [0, 0.05) is 11.7 Å². The molecular formula is C13H19N3O3. The lowest BCUT2D eigenvalue weighted by atomic mass is 10.1. The van der Waals surface area contributed by atoms with E-state index in [2.05, 4.69) is 20.4 Å². The Bertz CT molecular complexity index is 466. The summed E-state index contributed by atoms with van der Waals surface area (Å²) in [6.45, 7) is 5.92. The molecule has 0 saturated carbocycles. The smallest absolute Gasteiger partial charge is 0.337 e. The molecular weight excluding hydrogens is 246 g/mol. The zero-order valence-electron chi connectivity index (χ0n) is 11.6. The quantitative estimate of drug-likeness (QED) is 0.811. The number of nitrogens with one attached hydrogen (secondary N) is 2. The van der Waals surface area contributed by atoms with Crippen molar-refractivity contribution in [1.82, 2.24) is 15.6 Å². The number of nitrogens with zero attached hydrogens (tertiary/aromatic N) is 1. The summed E-state index contributed by atoms with van der Waals surface area (Å²) < 4.78 is 4.62. The molecule has 0 unspecified atom stereocenters. The van der Waals surface area contributed by atoms with E-state index in [1.165, 1.54) is 13.3 Å². The van der Waals surface area contributed by atoms with Crippen LogP contribution in [0.2, 0.25) is 0 Å². The number of amides is 2. The molecule has 6 heteroatoms. The Morgan fingerprint density at radius 1 is 1.37 bits per heavy atom. The van der Waals surface area contributed by atoms with Gasteiger partial charge in [-0.1, -0.05) is 0 Å². The summed E-state index contributed by atoms with van der Waals surface area (Å²) in [6.07, 6.45) is 1.50. The lowest BCUT2D eigenvalue weighted by Gasteiger charge is -2.20. The van der Waals surface area contributed by atoms with E-state index >= 15 is 0 Å². The van der Waals surface area contributed by atoms with Crippen molar-refractivity contribution in [2.45, 2.75) is 32.9 Å². The highest BCUT2D eigenvalue weighted by molar-refractivity contribution is 5.89. The molecule has 2 amide bonds. The topological polar surface area (TPSA) is 80.3 Å². The summed E-state index contributed by atoms with van der Waals surface area (Å²) in [6, 6.07) is 2.87. The van der Waals surface area contributed by atoms with E-state index in [9.17, 15) is 9.59 Å². The fraction of sp³-hybridized carbons (Fsp3) is 0.462. The van der Waals surface area contributed by atoms with Gasteiger partial charge < -0.3 is 15.4 Å². The van der Waals surface area contributed by atoms with Gasteiger partial charge in [-0.25, -0.2) is 9.59 Å². The van der Waals surface area contributed by atoms with Crippen LogP contribution in [0.5, 0.6) is 0 Å². The van der Waals surface area contributed by atoms with Crippen molar-refractivity contribution in [3.63, 3.8) is 0 Å². The van der Waals surface area contributed by atoms with Gasteiger partial charge in [-0.3, -0.25) is 4.98 Å². The number of pyridine rings is 1. The van der Waals surface area contributed by atoms with E-state index in [1.807, 2.05) is 20.8 Å². The molecule has 0 atom stereocenters. The van der Waals surface area contributed by atoms with Crippen LogP contribution in [0.1, 0.15) is 36.8 Å². The fourth-order valence-electron chi connectivity index (χ4n) is 1.38. The maximum Gasteiger partial charge on any atom is 0.337 e. The molecule has 1 aromatic rings. The predicted molar refractivity (Wildman–Crippen MR) is 70.7 cm³/mol. The largest absolute Gasteiger partial charge is 0.465 e. The minimum atomic E-state index is -0.428. The molecule has 1 rings (SSSR count). The van der Waals surface area contributed by atoms with E-state index in [0.717, 1.165) is 0 Å². The molecule has 0 saturated heterocycles. The van der Waals surface area contributed by atoms with Crippen LogP contribution in [0.3, 0.4) is 0 Å². The third-order valence-corrected chi connectivity index (χ3v) is 2.16. The Kier molecular flexibility index (Phi) is 4.86. The first-order chi connectivity index (χ1) is 8.81. The number of esters is 1. The number of methoxy groups -OCH3 is 1. The third-order valence-electron chi connectivity index (χ3n) is 2.16. The molecule has 0 aromatic carbocycles. The molecule has 6 nitrogen and oxygen atoms in total. The van der Waals surface area contributed by atoms with Crippen molar-refractivity contribution in [2.24, 2.45) is 0 Å². The van der Waals surface area contributed by atoms with Crippen LogP contribution in [0, 0.1) is 0 Å². The molecule has 0 fully saturated rings. The predicted octanol–water partition coefficient (Wildman–Crippen LogP) is 1.47. The molecule has 104 valence electrons. The first-order valence-corrected chi connectivity index (χ1v) is 5.91. The Hall–Kier alpha value is -2.11. The van der Waals surface area contributed by atoms with Crippen LogP contribution in [0.15, 0.2) is 18.3 Å². The first-order valence-electron chi connectivity index (χ1n) is 5.91. The van der Waals surface area contributed by atoms with Crippen LogP contribution < -0.4 is 10.6 Å². The summed E-state index contributed by atoms with van der Waals surface area (Å²) in [4.78, 5) is 27.0. The fourth-order valence-corrected chi connectivity index (χ4v) is 1.38. The van der Waals surface area contributed by atoms with Gasteiger partial charge in [-0.15, -0.1) is 0 Å². The van der Waals surface area contributed by atoms with E-state index in [1.54, 1.807) is 12.1 Å². The van der Waals surface area contributed by atoms with Crippen LogP contribution in [0.25, 0.3) is 0 Å². The summed E-state index contributed by atoms with van der Waals surface area (Å²) in [7, 11) is 1.32. The van der Waals surface area contributed by atoms with Gasteiger partial charge >= 0.3 is 12.0 Å². The molecule has 0 radical (unpaired) electrons. The molecule has 0 spiro atoms. The number of hydrogen-bond acceptors (Lipinski definition) is 4. The molecule has 1 heterocycles. The van der Waals surface area contributed by atoms with Crippen molar-refractivity contribution >= 4 is 12.0 Å². The van der Waals surface area contributed by atoms with Crippen LogP contribution in [-0.2, 0) is 11.3 Å². The van der Waals surface area contributed by atoms with E-state index in [4.69, 9.17) is 0 Å². The SMILES string of the molecule is COC(=O)c1ccnc(CNC(=O)NC(C)(C)C)c1. The highest BCUT2D eigenvalue weighted by Crippen LogP contribution is 2.03. The Labute approximate surface area is 112 Å². The number of ether oxygens (including phenoxy) is 1. The second-order valence-electron chi connectivity index (χ2n) is 5.09. The normalized spacial score (nSPS) is 10.7. The maximum atomic E-state index is 11.6. The molecule has 1 aromatic heterocycles. The zero-order chi connectivity index (χ0) is 14.5. The molecule has 0 aliphatic rings. The van der Waals surface area contributed by atoms with Crippen molar-refractivity contribution in [1.29, 1.82) is 0 Å². The second-order valence-corrected chi connectivity index (χ2v) is 5.09. The first kappa shape index (κ1) is 14.9. The van der Waals surface area contributed by atoms with Crippen LogP contribution in [-0.4, -0.2) is 29.6 Å². The van der Waals surface area contributed by atoms with E-state index in [-0.39, 0.29) is 18.1 Å². The molecule has 0 aliphatic carbocycles. The second kappa shape index (κ2) is 6.17. The summed E-state index contributed by atoms with van der Waals surface area (Å²) >= 11 is 0. The number of carbonyl (C=O) groups is 2. The van der Waals surface area contributed by atoms with Crippen LogP contribution in [0.4, 0.5) is 4.79 Å². The molecule has 19 heavy (non-hydrogen) atoms. The number of carbonyl (C=O) groups excluding carboxylic acids is 2. The average molecular weight is 265 g/mol. The lowest BCUT2D eigenvalue weighted by molar-refractivity contribution is 0.0600. The zero-order valence-corrected chi connectivity index (χ0v) is 11.6. The lowest BCUT2D eigenvalue weighted by Crippen LogP contribution is -2.46. The minimum absolute atomic E-state index is 0.243. The minimum Gasteiger partial charge on any atom is -0.465 e. The third kappa shape index (κ3) is 5.37. The maximum absolute atomic E-state index is 11.6. The number of aromatic nitrogens is 1. The van der Waals surface area contributed by atoms with Gasteiger partial charge in [-0.05, 0) is 32.9 Å². The summed E-state index contributed by atoms with van der Waals surface area (Å²) in [5.74, 6) is -0.428. The Morgan fingerprint density at radius 3 is 2.63 bits per heavy atom. The van der Waals surface area contributed by atoms with Crippen molar-refractivity contribution in [2.75, 3.05) is 7.11 Å². The van der Waals surface area contributed by atoms with E-state index < -0.39 is 5.97 Å². The highest BCUT2D eigenvalue weighted by Gasteiger charge is 2.13. The molecule has 0 bridgehead atoms. The standard InChI is InChI=1S/C13H19N3O3/c1-13(2,3)16-12(18)15-8-10-7-9(5-6-14-10)11(17)19-4/h5-7H,8H2,1-4H3,(H2,15,16,18). The molecule has 0 aliphatic heterocycles. The van der Waals surface area contributed by atoms with Crippen molar-refractivity contribution in [3.8, 4) is 0 Å². The number of rotatable bonds is 3. The van der Waals surface area contributed by atoms with E-state index in [0.29, 0.717) is 11.3 Å². The molecule has 2 N–H and O–H groups in total. The summed E-state index contributed by atoms with van der Waals surface area (Å²) in [5.41, 5.74) is 0.697. The van der Waals surface area contributed by atoms with Gasteiger partial charge in [0.15, 0.2) is 0 Å². The summed E-state index contributed by atoms with van der Waals surface area (Å²) in [5, 5.41) is 5.44. The Morgan fingerprint density at radius 2 is 2.05 bits per heavy atom. The van der Waals surface area contributed by atoms with Gasteiger partial charge in [0.2, 0.25) is 0 Å². The van der Waals surface area contributed by atoms with Crippen molar-refractivity contribution < 1.29 is 14.3 Å². The monoisotopic (exact) mass is 265 g/mol. The van der Waals surface area contributed by atoms with Gasteiger partial charge in [0.05, 0.1) is 24.9 Å². The van der Waals surface area contributed by atoms with Gasteiger partial charge in [0.25, 0.3) is 0 Å². The van der Waals surface area contributed by atoms with Gasteiger partial charge in [-0.2, -0.15) is 0 Å². The van der Waals surface area contributed by atoms with Gasteiger partial charge in [0.1, 0.15) is 0 Å².